The third kappa shape index (κ3) is 2.72. The van der Waals surface area contributed by atoms with Crippen molar-refractivity contribution >= 4 is 0 Å². The van der Waals surface area contributed by atoms with Gasteiger partial charge in [-0.25, -0.2) is 0 Å². The van der Waals surface area contributed by atoms with Gasteiger partial charge < -0.3 is 5.11 Å². The maximum absolute atomic E-state index is 12.6. The Morgan fingerprint density at radius 1 is 1.13 bits per heavy atom. The molecule has 0 heterocycles. The Balaban J connectivity index is 3.18. The topological polar surface area (TPSA) is 20.2 Å². The minimum absolute atomic E-state index is 0.139. The van der Waals surface area contributed by atoms with Gasteiger partial charge in [-0.1, -0.05) is 25.1 Å². The number of halogens is 3. The fourth-order valence-electron chi connectivity index (χ4n) is 1.41. The van der Waals surface area contributed by atoms with Crippen LogP contribution in [0, 0.1) is 0 Å². The van der Waals surface area contributed by atoms with Gasteiger partial charge in [-0.2, -0.15) is 13.2 Å². The van der Waals surface area contributed by atoms with Crippen LogP contribution in [0.4, 0.5) is 13.2 Å². The van der Waals surface area contributed by atoms with E-state index in [0.29, 0.717) is 0 Å². The largest absolute Gasteiger partial charge is 0.416 e. The van der Waals surface area contributed by atoms with Crippen molar-refractivity contribution in [3.05, 3.63) is 35.4 Å². The molecule has 0 bridgehead atoms. The van der Waals surface area contributed by atoms with Gasteiger partial charge >= 0.3 is 6.18 Å². The van der Waals surface area contributed by atoms with Gasteiger partial charge in [-0.05, 0) is 18.6 Å². The van der Waals surface area contributed by atoms with Gasteiger partial charge in [0.15, 0.2) is 0 Å². The number of hydrogen-bond donors (Lipinski definition) is 1. The summed E-state index contributed by atoms with van der Waals surface area (Å²) in [4.78, 5) is 0. The van der Waals surface area contributed by atoms with Crippen LogP contribution in [0.1, 0.15) is 30.9 Å². The summed E-state index contributed by atoms with van der Waals surface area (Å²) < 4.78 is 37.8. The number of rotatable bonds is 2. The van der Waals surface area contributed by atoms with Crippen molar-refractivity contribution in [2.24, 2.45) is 0 Å². The highest BCUT2D eigenvalue weighted by atomic mass is 19.4. The van der Waals surface area contributed by atoms with Crippen molar-refractivity contribution in [2.75, 3.05) is 0 Å². The molecule has 15 heavy (non-hydrogen) atoms. The maximum atomic E-state index is 12.6. The fraction of sp³-hybridized carbons (Fsp3) is 0.455. The molecule has 2 atom stereocenters. The molecule has 0 aliphatic carbocycles. The zero-order valence-corrected chi connectivity index (χ0v) is 8.55. The number of aliphatic hydroxyl groups is 1. The van der Waals surface area contributed by atoms with Crippen LogP contribution in [-0.2, 0) is 6.18 Å². The Hall–Kier alpha value is -1.03. The van der Waals surface area contributed by atoms with E-state index in [-0.39, 0.29) is 5.56 Å². The van der Waals surface area contributed by atoms with Crippen LogP contribution in [0.3, 0.4) is 0 Å². The number of hydrogen-bond acceptors (Lipinski definition) is 1. The lowest BCUT2D eigenvalue weighted by molar-refractivity contribution is -0.138. The second-order valence-corrected chi connectivity index (χ2v) is 3.61. The van der Waals surface area contributed by atoms with E-state index < -0.39 is 23.8 Å². The molecule has 1 nitrogen and oxygen atoms in total. The standard InChI is InChI=1S/C11H13F3O/c1-7(8(2)15)9-5-3-4-6-10(9)11(12,13)14/h3-8,15H,1-2H3. The second kappa shape index (κ2) is 4.23. The molecule has 1 aromatic carbocycles. The Bertz CT molecular complexity index is 331. The van der Waals surface area contributed by atoms with Gasteiger partial charge in [0, 0.05) is 5.92 Å². The van der Waals surface area contributed by atoms with E-state index in [1.54, 1.807) is 13.0 Å². The molecule has 0 radical (unpaired) electrons. The molecule has 2 unspecified atom stereocenters. The monoisotopic (exact) mass is 218 g/mol. The van der Waals surface area contributed by atoms with E-state index in [1.807, 2.05) is 0 Å². The van der Waals surface area contributed by atoms with Crippen molar-refractivity contribution in [1.82, 2.24) is 0 Å². The Kier molecular flexibility index (Phi) is 3.39. The van der Waals surface area contributed by atoms with E-state index in [2.05, 4.69) is 0 Å². The average Bonchev–Trinajstić information content (AvgIpc) is 2.15. The smallest absolute Gasteiger partial charge is 0.393 e. The minimum atomic E-state index is -4.36. The molecule has 0 fully saturated rings. The Morgan fingerprint density at radius 2 is 1.67 bits per heavy atom. The highest BCUT2D eigenvalue weighted by Gasteiger charge is 2.34. The summed E-state index contributed by atoms with van der Waals surface area (Å²) in [6.07, 6.45) is -5.16. The highest BCUT2D eigenvalue weighted by molar-refractivity contribution is 5.32. The Morgan fingerprint density at radius 3 is 2.13 bits per heavy atom. The lowest BCUT2D eigenvalue weighted by Crippen LogP contribution is -2.17. The number of alkyl halides is 3. The number of benzene rings is 1. The molecule has 0 spiro atoms. The van der Waals surface area contributed by atoms with Crippen molar-refractivity contribution < 1.29 is 18.3 Å². The van der Waals surface area contributed by atoms with Gasteiger partial charge in [-0.15, -0.1) is 0 Å². The molecule has 0 aliphatic rings. The van der Waals surface area contributed by atoms with Crippen LogP contribution < -0.4 is 0 Å². The van der Waals surface area contributed by atoms with Crippen LogP contribution in [0.2, 0.25) is 0 Å². The predicted molar refractivity (Wildman–Crippen MR) is 51.5 cm³/mol. The minimum Gasteiger partial charge on any atom is -0.393 e. The van der Waals surface area contributed by atoms with Crippen LogP contribution in [0.25, 0.3) is 0 Å². The van der Waals surface area contributed by atoms with Crippen molar-refractivity contribution in [3.8, 4) is 0 Å². The molecule has 0 aliphatic heterocycles. The molecule has 1 rings (SSSR count). The average molecular weight is 218 g/mol. The van der Waals surface area contributed by atoms with Crippen LogP contribution >= 0.6 is 0 Å². The quantitative estimate of drug-likeness (QED) is 0.808. The van der Waals surface area contributed by atoms with Crippen molar-refractivity contribution in [1.29, 1.82) is 0 Å². The second-order valence-electron chi connectivity index (χ2n) is 3.61. The fourth-order valence-corrected chi connectivity index (χ4v) is 1.41. The zero-order valence-electron chi connectivity index (χ0n) is 8.55. The van der Waals surface area contributed by atoms with Crippen LogP contribution in [0.5, 0.6) is 0 Å². The van der Waals surface area contributed by atoms with Gasteiger partial charge in [0.25, 0.3) is 0 Å². The van der Waals surface area contributed by atoms with Crippen LogP contribution in [0.15, 0.2) is 24.3 Å². The van der Waals surface area contributed by atoms with Crippen molar-refractivity contribution in [2.45, 2.75) is 32.0 Å². The SMILES string of the molecule is CC(O)C(C)c1ccccc1C(F)(F)F. The normalized spacial score (nSPS) is 16.1. The lowest BCUT2D eigenvalue weighted by Gasteiger charge is -2.20. The first-order chi connectivity index (χ1) is 6.84. The first kappa shape index (κ1) is 12.0. The van der Waals surface area contributed by atoms with Crippen molar-refractivity contribution in [3.63, 3.8) is 0 Å². The summed E-state index contributed by atoms with van der Waals surface area (Å²) in [5.41, 5.74) is -0.529. The van der Waals surface area contributed by atoms with E-state index in [4.69, 9.17) is 0 Å². The van der Waals surface area contributed by atoms with Gasteiger partial charge in [0.1, 0.15) is 0 Å². The molecule has 84 valence electrons. The highest BCUT2D eigenvalue weighted by Crippen LogP contribution is 2.35. The molecule has 0 saturated heterocycles. The van der Waals surface area contributed by atoms with Gasteiger partial charge in [0.2, 0.25) is 0 Å². The molecule has 1 aromatic rings. The molecule has 0 amide bonds. The summed E-state index contributed by atoms with van der Waals surface area (Å²) in [6, 6.07) is 5.33. The van der Waals surface area contributed by atoms with E-state index in [0.717, 1.165) is 6.07 Å². The molecular formula is C11H13F3O. The first-order valence-electron chi connectivity index (χ1n) is 4.68. The summed E-state index contributed by atoms with van der Waals surface area (Å²) in [5, 5.41) is 9.30. The molecule has 4 heteroatoms. The molecule has 0 saturated carbocycles. The first-order valence-corrected chi connectivity index (χ1v) is 4.68. The predicted octanol–water partition coefficient (Wildman–Crippen LogP) is 3.19. The zero-order chi connectivity index (χ0) is 11.6. The van der Waals surface area contributed by atoms with E-state index >= 15 is 0 Å². The summed E-state index contributed by atoms with van der Waals surface area (Å²) in [7, 11) is 0. The van der Waals surface area contributed by atoms with E-state index in [9.17, 15) is 18.3 Å². The lowest BCUT2D eigenvalue weighted by atomic mass is 9.92. The maximum Gasteiger partial charge on any atom is 0.416 e. The third-order valence-corrected chi connectivity index (χ3v) is 2.48. The molecule has 1 N–H and O–H groups in total. The van der Waals surface area contributed by atoms with Crippen LogP contribution in [-0.4, -0.2) is 11.2 Å². The summed E-state index contributed by atoms with van der Waals surface area (Å²) in [6.45, 7) is 3.06. The summed E-state index contributed by atoms with van der Waals surface area (Å²) >= 11 is 0. The Labute approximate surface area is 86.5 Å². The molecule has 0 aromatic heterocycles. The molecular weight excluding hydrogens is 205 g/mol. The van der Waals surface area contributed by atoms with Gasteiger partial charge in [-0.3, -0.25) is 0 Å². The third-order valence-electron chi connectivity index (χ3n) is 2.48. The summed E-state index contributed by atoms with van der Waals surface area (Å²) in [5.74, 6) is -0.525. The van der Waals surface area contributed by atoms with Gasteiger partial charge in [0.05, 0.1) is 11.7 Å². The number of aliphatic hydroxyl groups excluding tert-OH is 1. The van der Waals surface area contributed by atoms with E-state index in [1.165, 1.54) is 19.1 Å².